The molecule has 0 amide bonds. The van der Waals surface area contributed by atoms with Crippen molar-refractivity contribution in [3.8, 4) is 16.2 Å². The molecule has 0 saturated heterocycles. The average molecular weight is 366 g/mol. The summed E-state index contributed by atoms with van der Waals surface area (Å²) in [5.41, 5.74) is 1.23. The third kappa shape index (κ3) is 4.52. The average Bonchev–Trinajstić information content (AvgIpc) is 3.12. The van der Waals surface area contributed by atoms with Gasteiger partial charge in [0.15, 0.2) is 0 Å². The summed E-state index contributed by atoms with van der Waals surface area (Å²) in [4.78, 5) is 12.4. The molecule has 4 heteroatoms. The lowest BCUT2D eigenvalue weighted by Crippen LogP contribution is -2.19. The van der Waals surface area contributed by atoms with Crippen LogP contribution in [0.3, 0.4) is 0 Å². The van der Waals surface area contributed by atoms with Crippen LogP contribution in [0.25, 0.3) is 20.5 Å². The molecule has 0 aliphatic heterocycles. The van der Waals surface area contributed by atoms with E-state index in [1.165, 1.54) is 26.6 Å². The molecule has 1 unspecified atom stereocenters. The zero-order valence-electron chi connectivity index (χ0n) is 14.8. The highest BCUT2D eigenvalue weighted by molar-refractivity contribution is 7.22. The van der Waals surface area contributed by atoms with Gasteiger partial charge in [0.2, 0.25) is 0 Å². The quantitative estimate of drug-likeness (QED) is 0.379. The Hall–Kier alpha value is -2.59. The molecule has 2 aromatic carbocycles. The fraction of sp³-hybridized carbons (Fsp3) is 0.227. The van der Waals surface area contributed by atoms with Crippen LogP contribution >= 0.6 is 11.3 Å². The molecule has 0 radical (unpaired) electrons. The van der Waals surface area contributed by atoms with Gasteiger partial charge in [-0.05, 0) is 41.6 Å². The van der Waals surface area contributed by atoms with Crippen molar-refractivity contribution in [3.63, 3.8) is 0 Å². The number of ether oxygens (including phenoxy) is 2. The van der Waals surface area contributed by atoms with Crippen molar-refractivity contribution in [1.82, 2.24) is 0 Å². The van der Waals surface area contributed by atoms with E-state index in [-0.39, 0.29) is 5.92 Å². The van der Waals surface area contributed by atoms with Crippen LogP contribution < -0.4 is 4.74 Å². The van der Waals surface area contributed by atoms with Gasteiger partial charge in [0.05, 0.1) is 13.2 Å². The van der Waals surface area contributed by atoms with Crippen LogP contribution in [0.15, 0.2) is 67.3 Å². The minimum Gasteiger partial charge on any atom is -0.493 e. The number of esters is 1. The van der Waals surface area contributed by atoms with Crippen molar-refractivity contribution in [2.24, 2.45) is 5.92 Å². The molecule has 3 rings (SSSR count). The van der Waals surface area contributed by atoms with E-state index in [0.29, 0.717) is 13.2 Å². The van der Waals surface area contributed by atoms with Gasteiger partial charge in [-0.2, -0.15) is 0 Å². The van der Waals surface area contributed by atoms with E-state index in [2.05, 4.69) is 56.0 Å². The highest BCUT2D eigenvalue weighted by atomic mass is 32.1. The van der Waals surface area contributed by atoms with E-state index in [0.717, 1.165) is 12.2 Å². The van der Waals surface area contributed by atoms with E-state index in [9.17, 15) is 4.79 Å². The van der Waals surface area contributed by atoms with E-state index >= 15 is 0 Å². The van der Waals surface area contributed by atoms with Gasteiger partial charge in [0.1, 0.15) is 5.75 Å². The van der Waals surface area contributed by atoms with Crippen LogP contribution in [0.2, 0.25) is 0 Å². The molecule has 26 heavy (non-hydrogen) atoms. The van der Waals surface area contributed by atoms with Crippen LogP contribution in [0.4, 0.5) is 0 Å². The van der Waals surface area contributed by atoms with Crippen molar-refractivity contribution in [3.05, 3.63) is 67.3 Å². The smallest absolute Gasteiger partial charge is 0.330 e. The number of hydrogen-bond donors (Lipinski definition) is 0. The predicted octanol–water partition coefficient (Wildman–Crippen LogP) is 5.70. The van der Waals surface area contributed by atoms with Crippen molar-refractivity contribution >= 4 is 27.4 Å². The third-order valence-electron chi connectivity index (χ3n) is 4.24. The molecular weight excluding hydrogens is 344 g/mol. The SMILES string of the molecule is C=CC(=O)OCC(CC)COc1ccc2cc(-c3ccccc3)sc2c1. The van der Waals surface area contributed by atoms with Crippen LogP contribution in [-0.2, 0) is 9.53 Å². The topological polar surface area (TPSA) is 35.5 Å². The maximum Gasteiger partial charge on any atom is 0.330 e. The first kappa shape index (κ1) is 18.2. The first-order valence-corrected chi connectivity index (χ1v) is 9.52. The largest absolute Gasteiger partial charge is 0.493 e. The number of thiophene rings is 1. The Labute approximate surface area is 157 Å². The van der Waals surface area contributed by atoms with Crippen molar-refractivity contribution in [2.75, 3.05) is 13.2 Å². The van der Waals surface area contributed by atoms with E-state index in [4.69, 9.17) is 9.47 Å². The van der Waals surface area contributed by atoms with Crippen molar-refractivity contribution in [2.45, 2.75) is 13.3 Å². The van der Waals surface area contributed by atoms with E-state index in [1.54, 1.807) is 11.3 Å². The minimum atomic E-state index is -0.392. The number of carbonyl (C=O) groups excluding carboxylic acids is 1. The molecular formula is C22H22O3S. The Morgan fingerprint density at radius 2 is 1.96 bits per heavy atom. The van der Waals surface area contributed by atoms with Gasteiger partial charge in [-0.25, -0.2) is 4.79 Å². The fourth-order valence-electron chi connectivity index (χ4n) is 2.60. The summed E-state index contributed by atoms with van der Waals surface area (Å²) in [6.45, 7) is 6.33. The molecule has 0 saturated carbocycles. The molecule has 1 heterocycles. The summed E-state index contributed by atoms with van der Waals surface area (Å²) in [6.07, 6.45) is 2.06. The van der Waals surface area contributed by atoms with Gasteiger partial charge in [0.25, 0.3) is 0 Å². The molecule has 3 aromatic rings. The summed E-state index contributed by atoms with van der Waals surface area (Å²) in [6, 6.07) is 18.8. The molecule has 134 valence electrons. The normalized spacial score (nSPS) is 11.9. The molecule has 0 aliphatic rings. The number of rotatable bonds is 8. The summed E-state index contributed by atoms with van der Waals surface area (Å²) < 4.78 is 12.3. The van der Waals surface area contributed by atoms with Gasteiger partial charge in [-0.15, -0.1) is 11.3 Å². The minimum absolute atomic E-state index is 0.165. The first-order chi connectivity index (χ1) is 12.7. The fourth-order valence-corrected chi connectivity index (χ4v) is 3.70. The van der Waals surface area contributed by atoms with Crippen LogP contribution in [0.1, 0.15) is 13.3 Å². The molecule has 0 N–H and O–H groups in total. The summed E-state index contributed by atoms with van der Waals surface area (Å²) in [5.74, 6) is 0.613. The summed E-state index contributed by atoms with van der Waals surface area (Å²) in [5, 5.41) is 1.22. The summed E-state index contributed by atoms with van der Waals surface area (Å²) >= 11 is 1.76. The maximum atomic E-state index is 11.2. The molecule has 0 aliphatic carbocycles. The first-order valence-electron chi connectivity index (χ1n) is 8.70. The zero-order valence-corrected chi connectivity index (χ0v) is 15.6. The lowest BCUT2D eigenvalue weighted by Gasteiger charge is -2.15. The number of benzene rings is 2. The monoisotopic (exact) mass is 366 g/mol. The van der Waals surface area contributed by atoms with E-state index < -0.39 is 5.97 Å². The molecule has 3 nitrogen and oxygen atoms in total. The molecule has 0 bridgehead atoms. The third-order valence-corrected chi connectivity index (χ3v) is 5.39. The van der Waals surface area contributed by atoms with Gasteiger partial charge >= 0.3 is 5.97 Å². The number of fused-ring (bicyclic) bond motifs is 1. The van der Waals surface area contributed by atoms with Crippen LogP contribution in [-0.4, -0.2) is 19.2 Å². The van der Waals surface area contributed by atoms with E-state index in [1.807, 2.05) is 12.1 Å². The lowest BCUT2D eigenvalue weighted by atomic mass is 10.1. The lowest BCUT2D eigenvalue weighted by molar-refractivity contribution is -0.139. The van der Waals surface area contributed by atoms with Gasteiger partial charge in [-0.1, -0.05) is 43.8 Å². The van der Waals surface area contributed by atoms with Crippen LogP contribution in [0.5, 0.6) is 5.75 Å². The maximum absolute atomic E-state index is 11.2. The van der Waals surface area contributed by atoms with Crippen molar-refractivity contribution < 1.29 is 14.3 Å². The van der Waals surface area contributed by atoms with Gasteiger partial charge in [-0.3, -0.25) is 0 Å². The standard InChI is InChI=1S/C22H22O3S/c1-3-16(15-25-22(23)4-2)14-24-19-11-10-18-12-20(26-21(18)13-19)17-8-6-5-7-9-17/h4-13,16H,2-3,14-15H2,1H3. The van der Waals surface area contributed by atoms with Gasteiger partial charge in [0, 0.05) is 21.6 Å². The number of carbonyl (C=O) groups is 1. The van der Waals surface area contributed by atoms with Crippen LogP contribution in [0, 0.1) is 5.92 Å². The second-order valence-corrected chi connectivity index (χ2v) is 7.18. The second-order valence-electron chi connectivity index (χ2n) is 6.10. The second kappa shape index (κ2) is 8.68. The summed E-state index contributed by atoms with van der Waals surface area (Å²) in [7, 11) is 0. The zero-order chi connectivity index (χ0) is 18.4. The molecule has 1 atom stereocenters. The Kier molecular flexibility index (Phi) is 6.08. The van der Waals surface area contributed by atoms with Crippen molar-refractivity contribution in [1.29, 1.82) is 0 Å². The Morgan fingerprint density at radius 3 is 2.69 bits per heavy atom. The highest BCUT2D eigenvalue weighted by Crippen LogP contribution is 2.35. The molecule has 1 aromatic heterocycles. The Balaban J connectivity index is 1.67. The van der Waals surface area contributed by atoms with Gasteiger partial charge < -0.3 is 9.47 Å². The number of hydrogen-bond acceptors (Lipinski definition) is 4. The Bertz CT molecular complexity index is 883. The molecule has 0 fully saturated rings. The Morgan fingerprint density at radius 1 is 1.15 bits per heavy atom. The molecule has 0 spiro atoms. The predicted molar refractivity (Wildman–Crippen MR) is 108 cm³/mol. The highest BCUT2D eigenvalue weighted by Gasteiger charge is 2.11.